The average molecular weight is 287 g/mol. The summed E-state index contributed by atoms with van der Waals surface area (Å²) >= 11 is 1.68. The van der Waals surface area contributed by atoms with Crippen LogP contribution >= 0.6 is 11.3 Å². The van der Waals surface area contributed by atoms with Crippen molar-refractivity contribution in [2.45, 2.75) is 25.4 Å². The van der Waals surface area contributed by atoms with E-state index in [9.17, 15) is 4.79 Å². The number of carbonyl (C=O) groups excluding carboxylic acids is 1. The molecular weight excluding hydrogens is 270 g/mol. The van der Waals surface area contributed by atoms with Gasteiger partial charge in [0.1, 0.15) is 0 Å². The number of hydrogen-bond acceptors (Lipinski definition) is 3. The van der Waals surface area contributed by atoms with Gasteiger partial charge in [0.25, 0.3) is 0 Å². The molecule has 5 heteroatoms. The number of hydrogen-bond donors (Lipinski definition) is 1. The van der Waals surface area contributed by atoms with E-state index >= 15 is 0 Å². The molecule has 1 aliphatic rings. The maximum atomic E-state index is 12.3. The Morgan fingerprint density at radius 1 is 1.50 bits per heavy atom. The summed E-state index contributed by atoms with van der Waals surface area (Å²) in [6.45, 7) is 1.36. The molecule has 20 heavy (non-hydrogen) atoms. The van der Waals surface area contributed by atoms with Crippen molar-refractivity contribution in [3.8, 4) is 0 Å². The van der Waals surface area contributed by atoms with E-state index in [0.717, 1.165) is 24.9 Å². The summed E-state index contributed by atoms with van der Waals surface area (Å²) in [5.41, 5.74) is 2.27. The Morgan fingerprint density at radius 3 is 3.20 bits per heavy atom. The molecule has 0 spiro atoms. The van der Waals surface area contributed by atoms with Gasteiger partial charge in [-0.1, -0.05) is 6.07 Å². The first-order chi connectivity index (χ1) is 9.84. The van der Waals surface area contributed by atoms with E-state index in [1.165, 1.54) is 5.56 Å². The second kappa shape index (κ2) is 6.05. The highest BCUT2D eigenvalue weighted by Crippen LogP contribution is 2.32. The van der Waals surface area contributed by atoms with Crippen LogP contribution in [0.5, 0.6) is 0 Å². The summed E-state index contributed by atoms with van der Waals surface area (Å²) in [5.74, 6) is 0. The van der Waals surface area contributed by atoms with Crippen molar-refractivity contribution in [1.29, 1.82) is 0 Å². The number of amides is 2. The van der Waals surface area contributed by atoms with Gasteiger partial charge < -0.3 is 10.2 Å². The molecule has 1 unspecified atom stereocenters. The molecule has 3 heterocycles. The van der Waals surface area contributed by atoms with E-state index in [4.69, 9.17) is 0 Å². The van der Waals surface area contributed by atoms with E-state index in [-0.39, 0.29) is 12.1 Å². The molecule has 0 saturated carbocycles. The van der Waals surface area contributed by atoms with Gasteiger partial charge in [-0.15, -0.1) is 0 Å². The van der Waals surface area contributed by atoms with Crippen molar-refractivity contribution in [1.82, 2.24) is 15.2 Å². The number of likely N-dealkylation sites (tertiary alicyclic amines) is 1. The lowest BCUT2D eigenvalue weighted by Gasteiger charge is -2.24. The highest BCUT2D eigenvalue weighted by atomic mass is 32.1. The maximum absolute atomic E-state index is 12.3. The molecular formula is C15H17N3OS. The number of nitrogens with one attached hydrogen (secondary N) is 1. The summed E-state index contributed by atoms with van der Waals surface area (Å²) in [6.07, 6.45) is 5.64. The molecule has 1 aliphatic heterocycles. The molecule has 2 aromatic rings. The van der Waals surface area contributed by atoms with Crippen LogP contribution in [-0.4, -0.2) is 22.5 Å². The molecule has 1 N–H and O–H groups in total. The number of carbonyl (C=O) groups is 1. The van der Waals surface area contributed by atoms with Crippen molar-refractivity contribution in [3.63, 3.8) is 0 Å². The number of thiophene rings is 1. The fourth-order valence-corrected chi connectivity index (χ4v) is 3.31. The van der Waals surface area contributed by atoms with Gasteiger partial charge >= 0.3 is 6.03 Å². The fraction of sp³-hybridized carbons (Fsp3) is 0.333. The molecule has 0 aromatic carbocycles. The van der Waals surface area contributed by atoms with E-state index in [2.05, 4.69) is 27.1 Å². The minimum atomic E-state index is 0.0163. The van der Waals surface area contributed by atoms with Crippen LogP contribution in [0.4, 0.5) is 4.79 Å². The number of rotatable bonds is 3. The lowest BCUT2D eigenvalue weighted by atomic mass is 10.1. The third kappa shape index (κ3) is 2.82. The summed E-state index contributed by atoms with van der Waals surface area (Å²) in [4.78, 5) is 18.3. The minimum Gasteiger partial charge on any atom is -0.334 e. The standard InChI is InChI=1S/C15H17N3OS/c19-15(17-10-12-3-1-6-16-9-12)18-7-2-4-14(18)13-5-8-20-11-13/h1,3,5-6,8-9,11,14H,2,4,7,10H2,(H,17,19). The summed E-state index contributed by atoms with van der Waals surface area (Å²) in [6, 6.07) is 6.21. The topological polar surface area (TPSA) is 45.2 Å². The predicted octanol–water partition coefficient (Wildman–Crippen LogP) is 3.19. The van der Waals surface area contributed by atoms with Gasteiger partial charge in [-0.2, -0.15) is 11.3 Å². The van der Waals surface area contributed by atoms with E-state index in [0.29, 0.717) is 6.54 Å². The molecule has 3 rings (SSSR count). The molecule has 2 aromatic heterocycles. The zero-order valence-electron chi connectivity index (χ0n) is 11.2. The zero-order valence-corrected chi connectivity index (χ0v) is 12.0. The first-order valence-electron chi connectivity index (χ1n) is 6.80. The minimum absolute atomic E-state index is 0.0163. The third-order valence-corrected chi connectivity index (χ3v) is 4.31. The second-order valence-corrected chi connectivity index (χ2v) is 5.71. The molecule has 2 amide bonds. The van der Waals surface area contributed by atoms with Crippen molar-refractivity contribution in [2.75, 3.05) is 6.54 Å². The Hall–Kier alpha value is -1.88. The van der Waals surface area contributed by atoms with Crippen LogP contribution in [0.2, 0.25) is 0 Å². The first kappa shape index (κ1) is 13.1. The monoisotopic (exact) mass is 287 g/mol. The number of nitrogens with zero attached hydrogens (tertiary/aromatic N) is 2. The lowest BCUT2D eigenvalue weighted by Crippen LogP contribution is -2.39. The Morgan fingerprint density at radius 2 is 2.45 bits per heavy atom. The van der Waals surface area contributed by atoms with Crippen LogP contribution in [0.3, 0.4) is 0 Å². The molecule has 0 radical (unpaired) electrons. The van der Waals surface area contributed by atoms with Gasteiger partial charge in [0.2, 0.25) is 0 Å². The normalized spacial score (nSPS) is 18.2. The molecule has 1 atom stereocenters. The quantitative estimate of drug-likeness (QED) is 0.942. The van der Waals surface area contributed by atoms with Crippen LogP contribution in [0.25, 0.3) is 0 Å². The van der Waals surface area contributed by atoms with Gasteiger partial charge in [0.05, 0.1) is 6.04 Å². The highest BCUT2D eigenvalue weighted by Gasteiger charge is 2.29. The van der Waals surface area contributed by atoms with Crippen LogP contribution in [0.1, 0.15) is 30.0 Å². The van der Waals surface area contributed by atoms with Crippen molar-refractivity contribution < 1.29 is 4.79 Å². The average Bonchev–Trinajstić information content (AvgIpc) is 3.15. The van der Waals surface area contributed by atoms with Crippen LogP contribution in [-0.2, 0) is 6.54 Å². The second-order valence-electron chi connectivity index (χ2n) is 4.93. The van der Waals surface area contributed by atoms with Gasteiger partial charge in [-0.3, -0.25) is 4.98 Å². The molecule has 4 nitrogen and oxygen atoms in total. The largest absolute Gasteiger partial charge is 0.334 e. The summed E-state index contributed by atoms with van der Waals surface area (Å²) in [5, 5.41) is 7.19. The Labute approximate surface area is 122 Å². The summed E-state index contributed by atoms with van der Waals surface area (Å²) in [7, 11) is 0. The van der Waals surface area contributed by atoms with E-state index in [1.807, 2.05) is 17.0 Å². The highest BCUT2D eigenvalue weighted by molar-refractivity contribution is 7.07. The van der Waals surface area contributed by atoms with Crippen molar-refractivity contribution in [2.24, 2.45) is 0 Å². The van der Waals surface area contributed by atoms with Gasteiger partial charge in [0, 0.05) is 25.5 Å². The molecule has 104 valence electrons. The SMILES string of the molecule is O=C(NCc1cccnc1)N1CCCC1c1ccsc1. The number of aromatic nitrogens is 1. The lowest BCUT2D eigenvalue weighted by molar-refractivity contribution is 0.192. The molecule has 0 aliphatic carbocycles. The van der Waals surface area contributed by atoms with E-state index < -0.39 is 0 Å². The van der Waals surface area contributed by atoms with Gasteiger partial charge in [-0.05, 0) is 46.9 Å². The first-order valence-corrected chi connectivity index (χ1v) is 7.74. The van der Waals surface area contributed by atoms with Crippen LogP contribution in [0.15, 0.2) is 41.4 Å². The molecule has 1 fully saturated rings. The van der Waals surface area contributed by atoms with Gasteiger partial charge in [0.15, 0.2) is 0 Å². The predicted molar refractivity (Wildman–Crippen MR) is 79.5 cm³/mol. The van der Waals surface area contributed by atoms with E-state index in [1.54, 1.807) is 23.7 Å². The Bertz CT molecular complexity index is 556. The van der Waals surface area contributed by atoms with Crippen molar-refractivity contribution in [3.05, 3.63) is 52.5 Å². The summed E-state index contributed by atoms with van der Waals surface area (Å²) < 4.78 is 0. The Balaban J connectivity index is 1.62. The maximum Gasteiger partial charge on any atom is 0.318 e. The van der Waals surface area contributed by atoms with Gasteiger partial charge in [-0.25, -0.2) is 4.79 Å². The molecule has 0 bridgehead atoms. The van der Waals surface area contributed by atoms with Crippen molar-refractivity contribution >= 4 is 17.4 Å². The third-order valence-electron chi connectivity index (χ3n) is 3.61. The number of urea groups is 1. The van der Waals surface area contributed by atoms with Crippen LogP contribution in [0, 0.1) is 0 Å². The zero-order chi connectivity index (χ0) is 13.8. The Kier molecular flexibility index (Phi) is 3.97. The smallest absolute Gasteiger partial charge is 0.318 e. The van der Waals surface area contributed by atoms with Crippen LogP contribution < -0.4 is 5.32 Å². The fourth-order valence-electron chi connectivity index (χ4n) is 2.60. The number of pyridine rings is 1. The molecule has 1 saturated heterocycles.